The minimum Gasteiger partial charge on any atom is -0.349 e. The Morgan fingerprint density at radius 3 is 2.43 bits per heavy atom. The van der Waals surface area contributed by atoms with Gasteiger partial charge in [-0.2, -0.15) is 0 Å². The van der Waals surface area contributed by atoms with Crippen molar-refractivity contribution in [2.45, 2.75) is 31.2 Å². The Bertz CT molecular complexity index is 799. The lowest BCUT2D eigenvalue weighted by molar-refractivity contribution is -0.121. The van der Waals surface area contributed by atoms with Gasteiger partial charge in [0, 0.05) is 0 Å². The van der Waals surface area contributed by atoms with E-state index in [0.717, 1.165) is 11.1 Å². The second-order valence-corrected chi connectivity index (χ2v) is 7.13. The van der Waals surface area contributed by atoms with Gasteiger partial charge in [0.15, 0.2) is 0 Å². The molecule has 0 saturated heterocycles. The van der Waals surface area contributed by atoms with Crippen molar-refractivity contribution in [1.29, 1.82) is 0 Å². The van der Waals surface area contributed by atoms with Gasteiger partial charge in [0.05, 0.1) is 17.4 Å². The first-order valence-corrected chi connectivity index (χ1v) is 8.78. The van der Waals surface area contributed by atoms with E-state index in [1.807, 2.05) is 31.2 Å². The molecule has 0 radical (unpaired) electrons. The molecule has 23 heavy (non-hydrogen) atoms. The summed E-state index contributed by atoms with van der Waals surface area (Å²) in [5.41, 5.74) is 2.76. The van der Waals surface area contributed by atoms with Crippen LogP contribution in [0.1, 0.15) is 29.7 Å². The van der Waals surface area contributed by atoms with Crippen molar-refractivity contribution in [3.63, 3.8) is 0 Å². The van der Waals surface area contributed by atoms with Crippen molar-refractivity contribution in [2.24, 2.45) is 5.14 Å². The third-order valence-electron chi connectivity index (χ3n) is 3.55. The molecule has 0 aliphatic carbocycles. The zero-order valence-corrected chi connectivity index (χ0v) is 13.9. The van der Waals surface area contributed by atoms with Gasteiger partial charge in [0.2, 0.25) is 15.9 Å². The monoisotopic (exact) mass is 332 g/mol. The van der Waals surface area contributed by atoms with E-state index in [4.69, 9.17) is 5.14 Å². The Labute approximate surface area is 136 Å². The minimum atomic E-state index is -3.75. The van der Waals surface area contributed by atoms with Crippen LogP contribution in [-0.2, 0) is 21.2 Å². The maximum Gasteiger partial charge on any atom is 0.238 e. The second-order valence-electron chi connectivity index (χ2n) is 5.57. The molecule has 1 amide bonds. The number of benzene rings is 2. The van der Waals surface area contributed by atoms with Crippen molar-refractivity contribution in [3.05, 3.63) is 65.2 Å². The summed E-state index contributed by atoms with van der Waals surface area (Å²) in [7, 11) is -3.75. The Balaban J connectivity index is 2.05. The van der Waals surface area contributed by atoms with E-state index in [9.17, 15) is 13.2 Å². The summed E-state index contributed by atoms with van der Waals surface area (Å²) in [6.45, 7) is 3.79. The van der Waals surface area contributed by atoms with Crippen molar-refractivity contribution < 1.29 is 13.2 Å². The van der Waals surface area contributed by atoms with E-state index in [1.54, 1.807) is 19.1 Å². The van der Waals surface area contributed by atoms with E-state index in [-0.39, 0.29) is 23.3 Å². The van der Waals surface area contributed by atoms with Crippen LogP contribution in [0.15, 0.2) is 53.4 Å². The molecule has 0 aliphatic heterocycles. The molecule has 5 nitrogen and oxygen atoms in total. The molecule has 0 aliphatic rings. The molecule has 0 unspecified atom stereocenters. The molecule has 0 heterocycles. The van der Waals surface area contributed by atoms with Crippen LogP contribution in [0.3, 0.4) is 0 Å². The highest BCUT2D eigenvalue weighted by Gasteiger charge is 2.13. The third-order valence-corrected chi connectivity index (χ3v) is 4.46. The SMILES string of the molecule is Cc1ccc(CC(=O)N[C@@H](C)c2cccc(S(N)(=O)=O)c2)cc1. The van der Waals surface area contributed by atoms with Crippen LogP contribution in [0.25, 0.3) is 0 Å². The van der Waals surface area contributed by atoms with E-state index >= 15 is 0 Å². The lowest BCUT2D eigenvalue weighted by atomic mass is 10.1. The van der Waals surface area contributed by atoms with Crippen LogP contribution in [0.5, 0.6) is 0 Å². The number of amides is 1. The Kier molecular flexibility index (Phi) is 5.18. The van der Waals surface area contributed by atoms with E-state index in [2.05, 4.69) is 5.32 Å². The first-order valence-electron chi connectivity index (χ1n) is 7.23. The van der Waals surface area contributed by atoms with Crippen LogP contribution < -0.4 is 10.5 Å². The molecule has 3 N–H and O–H groups in total. The predicted octanol–water partition coefficient (Wildman–Crippen LogP) is 2.06. The molecule has 0 spiro atoms. The average molecular weight is 332 g/mol. The Morgan fingerprint density at radius 2 is 1.83 bits per heavy atom. The van der Waals surface area contributed by atoms with Gasteiger partial charge in [-0.1, -0.05) is 42.0 Å². The first-order chi connectivity index (χ1) is 10.8. The number of aryl methyl sites for hydroxylation is 1. The summed E-state index contributed by atoms with van der Waals surface area (Å²) in [6.07, 6.45) is 0.277. The Hall–Kier alpha value is -2.18. The smallest absolute Gasteiger partial charge is 0.238 e. The maximum atomic E-state index is 12.1. The molecule has 2 aromatic rings. The summed E-state index contributed by atoms with van der Waals surface area (Å²) < 4.78 is 22.8. The number of carbonyl (C=O) groups excluding carboxylic acids is 1. The number of nitrogens with one attached hydrogen (secondary N) is 1. The van der Waals surface area contributed by atoms with Crippen molar-refractivity contribution in [1.82, 2.24) is 5.32 Å². The highest BCUT2D eigenvalue weighted by atomic mass is 32.2. The fourth-order valence-corrected chi connectivity index (χ4v) is 2.80. The summed E-state index contributed by atoms with van der Waals surface area (Å²) in [5.74, 6) is -0.123. The molecule has 0 fully saturated rings. The number of hydrogen-bond acceptors (Lipinski definition) is 3. The van der Waals surface area contributed by atoms with Gasteiger partial charge in [-0.25, -0.2) is 13.6 Å². The van der Waals surface area contributed by atoms with Gasteiger partial charge in [-0.05, 0) is 37.1 Å². The lowest BCUT2D eigenvalue weighted by Crippen LogP contribution is -2.28. The van der Waals surface area contributed by atoms with Crippen molar-refractivity contribution >= 4 is 15.9 Å². The van der Waals surface area contributed by atoms with Gasteiger partial charge in [0.1, 0.15) is 0 Å². The second kappa shape index (κ2) is 6.93. The minimum absolute atomic E-state index is 0.0367. The first kappa shape index (κ1) is 17.2. The number of carbonyl (C=O) groups is 1. The van der Waals surface area contributed by atoms with Crippen molar-refractivity contribution in [3.8, 4) is 0 Å². The van der Waals surface area contributed by atoms with E-state index in [0.29, 0.717) is 5.56 Å². The van der Waals surface area contributed by atoms with E-state index in [1.165, 1.54) is 12.1 Å². The highest BCUT2D eigenvalue weighted by molar-refractivity contribution is 7.89. The van der Waals surface area contributed by atoms with Crippen LogP contribution in [0, 0.1) is 6.92 Å². The molecule has 1 atom stereocenters. The third kappa shape index (κ3) is 4.91. The molecule has 122 valence electrons. The highest BCUT2D eigenvalue weighted by Crippen LogP contribution is 2.17. The molecular weight excluding hydrogens is 312 g/mol. The van der Waals surface area contributed by atoms with Gasteiger partial charge in [0.25, 0.3) is 0 Å². The summed E-state index contributed by atoms with van der Waals surface area (Å²) in [4.78, 5) is 12.1. The largest absolute Gasteiger partial charge is 0.349 e. The molecule has 2 rings (SSSR count). The van der Waals surface area contributed by atoms with Crippen molar-refractivity contribution in [2.75, 3.05) is 0 Å². The van der Waals surface area contributed by atoms with Gasteiger partial charge < -0.3 is 5.32 Å². The molecule has 2 aromatic carbocycles. The quantitative estimate of drug-likeness (QED) is 0.878. The maximum absolute atomic E-state index is 12.1. The van der Waals surface area contributed by atoms with Crippen LogP contribution >= 0.6 is 0 Å². The number of nitrogens with two attached hydrogens (primary N) is 1. The Morgan fingerprint density at radius 1 is 1.17 bits per heavy atom. The van der Waals surface area contributed by atoms with Gasteiger partial charge in [-0.15, -0.1) is 0 Å². The van der Waals surface area contributed by atoms with Gasteiger partial charge >= 0.3 is 0 Å². The molecular formula is C17H20N2O3S. The molecule has 0 aromatic heterocycles. The van der Waals surface area contributed by atoms with Crippen LogP contribution in [0.2, 0.25) is 0 Å². The van der Waals surface area contributed by atoms with E-state index < -0.39 is 10.0 Å². The number of hydrogen-bond donors (Lipinski definition) is 2. The molecule has 6 heteroatoms. The predicted molar refractivity (Wildman–Crippen MR) is 89.3 cm³/mol. The van der Waals surface area contributed by atoms with Crippen LogP contribution in [0.4, 0.5) is 0 Å². The topological polar surface area (TPSA) is 89.3 Å². The average Bonchev–Trinajstić information content (AvgIpc) is 2.49. The lowest BCUT2D eigenvalue weighted by Gasteiger charge is -2.15. The normalized spacial score (nSPS) is 12.7. The molecule has 0 saturated carbocycles. The summed E-state index contributed by atoms with van der Waals surface area (Å²) >= 11 is 0. The van der Waals surface area contributed by atoms with Gasteiger partial charge in [-0.3, -0.25) is 4.79 Å². The fraction of sp³-hybridized carbons (Fsp3) is 0.235. The summed E-state index contributed by atoms with van der Waals surface area (Å²) in [5, 5.41) is 7.99. The standard InChI is InChI=1S/C17H20N2O3S/c1-12-6-8-14(9-7-12)10-17(20)19-13(2)15-4-3-5-16(11-15)23(18,21)22/h3-9,11,13H,10H2,1-2H3,(H,19,20)(H2,18,21,22)/t13-/m0/s1. The zero-order chi connectivity index (χ0) is 17.0. The van der Waals surface area contributed by atoms with Crippen LogP contribution in [-0.4, -0.2) is 14.3 Å². The number of rotatable bonds is 5. The fourth-order valence-electron chi connectivity index (χ4n) is 2.23. The molecule has 0 bridgehead atoms. The summed E-state index contributed by atoms with van der Waals surface area (Å²) in [6, 6.07) is 13.7. The number of sulfonamides is 1. The zero-order valence-electron chi connectivity index (χ0n) is 13.1. The number of primary sulfonamides is 1.